The van der Waals surface area contributed by atoms with Gasteiger partial charge >= 0.3 is 0 Å². The molecule has 0 saturated carbocycles. The van der Waals surface area contributed by atoms with E-state index < -0.39 is 0 Å². The summed E-state index contributed by atoms with van der Waals surface area (Å²) in [6.45, 7) is 0.741. The van der Waals surface area contributed by atoms with Gasteiger partial charge in [-0.05, 0) is 0 Å². The highest BCUT2D eigenvalue weighted by atomic mass is 32.2. The second-order valence-corrected chi connectivity index (χ2v) is 6.81. The average Bonchev–Trinajstić information content (AvgIpc) is 2.59. The van der Waals surface area contributed by atoms with Crippen molar-refractivity contribution in [2.45, 2.75) is 10.4 Å². The molecule has 5 nitrogen and oxygen atoms in total. The van der Waals surface area contributed by atoms with Crippen LogP contribution in [0.15, 0.2) is 4.34 Å². The van der Waals surface area contributed by atoms with E-state index in [9.17, 15) is 5.11 Å². The lowest BCUT2D eigenvalue weighted by atomic mass is 10.3. The molecule has 0 aliphatic heterocycles. The summed E-state index contributed by atoms with van der Waals surface area (Å²) in [4.78, 5) is 0. The van der Waals surface area contributed by atoms with Crippen LogP contribution in [0.3, 0.4) is 0 Å². The molecule has 1 atom stereocenters. The van der Waals surface area contributed by atoms with Crippen LogP contribution >= 0.6 is 23.1 Å². The molecule has 1 rings (SSSR count). The van der Waals surface area contributed by atoms with E-state index in [0.29, 0.717) is 5.75 Å². The number of thioether (sulfide) groups is 1. The van der Waals surface area contributed by atoms with Crippen molar-refractivity contribution in [3.63, 3.8) is 0 Å². The molecule has 0 amide bonds. The van der Waals surface area contributed by atoms with Crippen LogP contribution < -0.4 is 5.32 Å². The number of likely N-dealkylation sites (N-methyl/N-ethyl adjacent to an activating group) is 1. The molecule has 1 aromatic heterocycles. The molecule has 0 spiro atoms. The molecule has 1 aromatic rings. The summed E-state index contributed by atoms with van der Waals surface area (Å²) in [6, 6.07) is 0. The van der Waals surface area contributed by atoms with Crippen molar-refractivity contribution < 1.29 is 9.59 Å². The number of rotatable bonds is 6. The first-order valence-corrected chi connectivity index (χ1v) is 6.83. The van der Waals surface area contributed by atoms with Crippen molar-refractivity contribution in [1.29, 1.82) is 0 Å². The van der Waals surface area contributed by atoms with Crippen molar-refractivity contribution in [3.05, 3.63) is 0 Å². The van der Waals surface area contributed by atoms with Crippen LogP contribution in [0, 0.1) is 0 Å². The highest BCUT2D eigenvalue weighted by Gasteiger charge is 2.16. The van der Waals surface area contributed by atoms with Crippen molar-refractivity contribution in [3.8, 4) is 0 Å². The summed E-state index contributed by atoms with van der Waals surface area (Å²) in [5.74, 6) is 0.661. The van der Waals surface area contributed by atoms with Crippen LogP contribution in [0.2, 0.25) is 0 Å². The molecule has 92 valence electrons. The molecule has 0 aromatic carbocycles. The van der Waals surface area contributed by atoms with Crippen molar-refractivity contribution in [2.24, 2.45) is 0 Å². The van der Waals surface area contributed by atoms with E-state index in [0.717, 1.165) is 20.5 Å². The van der Waals surface area contributed by atoms with Gasteiger partial charge in [-0.3, -0.25) is 0 Å². The molecular weight excluding hydrogens is 244 g/mol. The Morgan fingerprint density at radius 3 is 2.62 bits per heavy atom. The van der Waals surface area contributed by atoms with Gasteiger partial charge in [0.15, 0.2) is 4.34 Å². The number of anilines is 1. The van der Waals surface area contributed by atoms with E-state index in [1.807, 2.05) is 7.05 Å². The van der Waals surface area contributed by atoms with Gasteiger partial charge in [0.25, 0.3) is 0 Å². The zero-order valence-corrected chi connectivity index (χ0v) is 11.7. The van der Waals surface area contributed by atoms with E-state index in [-0.39, 0.29) is 6.10 Å². The fourth-order valence-electron chi connectivity index (χ4n) is 1.22. The number of quaternary nitrogens is 1. The summed E-state index contributed by atoms with van der Waals surface area (Å²) < 4.78 is 1.66. The molecule has 7 heteroatoms. The molecule has 0 aliphatic carbocycles. The van der Waals surface area contributed by atoms with E-state index in [2.05, 4.69) is 36.7 Å². The topological polar surface area (TPSA) is 58.0 Å². The highest BCUT2D eigenvalue weighted by Crippen LogP contribution is 2.25. The molecule has 0 aliphatic rings. The standard InChI is InChI=1S/C9H19N4OS2/c1-10-8-11-12-9(16-8)15-6-7(14)5-13(2,3)4/h7,14H,5-6H2,1-4H3,(H,10,11)/q+1. The zero-order valence-electron chi connectivity index (χ0n) is 10.1. The summed E-state index contributed by atoms with van der Waals surface area (Å²) in [5, 5.41) is 21.5. The normalized spacial score (nSPS) is 13.8. The minimum Gasteiger partial charge on any atom is -0.386 e. The number of nitrogens with zero attached hydrogens (tertiary/aromatic N) is 3. The van der Waals surface area contributed by atoms with Crippen LogP contribution in [-0.4, -0.2) is 66.4 Å². The van der Waals surface area contributed by atoms with Crippen LogP contribution in [0.4, 0.5) is 5.13 Å². The number of nitrogens with one attached hydrogen (secondary N) is 1. The molecule has 16 heavy (non-hydrogen) atoms. The largest absolute Gasteiger partial charge is 0.386 e. The van der Waals surface area contributed by atoms with Gasteiger partial charge in [-0.15, -0.1) is 10.2 Å². The predicted molar refractivity (Wildman–Crippen MR) is 69.1 cm³/mol. The number of hydrogen-bond donors (Lipinski definition) is 2. The third kappa shape index (κ3) is 5.11. The van der Waals surface area contributed by atoms with Gasteiger partial charge in [-0.25, -0.2) is 0 Å². The van der Waals surface area contributed by atoms with E-state index in [1.54, 1.807) is 11.8 Å². The lowest BCUT2D eigenvalue weighted by molar-refractivity contribution is -0.873. The second-order valence-electron chi connectivity index (χ2n) is 4.56. The first-order chi connectivity index (χ1) is 7.40. The Kier molecular flexibility index (Phi) is 4.97. The minimum atomic E-state index is -0.313. The Labute approximate surface area is 104 Å². The fourth-order valence-corrected chi connectivity index (χ4v) is 2.87. The zero-order chi connectivity index (χ0) is 12.2. The van der Waals surface area contributed by atoms with Crippen LogP contribution in [0.25, 0.3) is 0 Å². The molecule has 0 saturated heterocycles. The van der Waals surface area contributed by atoms with Crippen molar-refractivity contribution in [2.75, 3.05) is 45.8 Å². The maximum absolute atomic E-state index is 9.81. The Morgan fingerprint density at radius 2 is 2.12 bits per heavy atom. The molecule has 0 fully saturated rings. The van der Waals surface area contributed by atoms with Crippen LogP contribution in [0.1, 0.15) is 0 Å². The van der Waals surface area contributed by atoms with Gasteiger partial charge in [0.1, 0.15) is 12.6 Å². The first-order valence-electron chi connectivity index (χ1n) is 5.03. The van der Waals surface area contributed by atoms with Gasteiger partial charge in [0.2, 0.25) is 5.13 Å². The van der Waals surface area contributed by atoms with E-state index in [4.69, 9.17) is 0 Å². The van der Waals surface area contributed by atoms with Crippen molar-refractivity contribution in [1.82, 2.24) is 10.2 Å². The average molecular weight is 263 g/mol. The monoisotopic (exact) mass is 263 g/mol. The lowest BCUT2D eigenvalue weighted by Crippen LogP contribution is -2.42. The lowest BCUT2D eigenvalue weighted by Gasteiger charge is -2.26. The second kappa shape index (κ2) is 5.81. The van der Waals surface area contributed by atoms with Gasteiger partial charge in [-0.2, -0.15) is 0 Å². The third-order valence-electron chi connectivity index (χ3n) is 1.78. The molecule has 2 N–H and O–H groups in total. The summed E-state index contributed by atoms with van der Waals surface area (Å²) in [5.41, 5.74) is 0. The van der Waals surface area contributed by atoms with Crippen molar-refractivity contribution >= 4 is 28.2 Å². The van der Waals surface area contributed by atoms with Crippen LogP contribution in [0.5, 0.6) is 0 Å². The Hall–Kier alpha value is -0.370. The Bertz CT molecular complexity index is 324. The van der Waals surface area contributed by atoms with Gasteiger partial charge < -0.3 is 14.9 Å². The fraction of sp³-hybridized carbons (Fsp3) is 0.778. The smallest absolute Gasteiger partial charge is 0.206 e. The third-order valence-corrected chi connectivity index (χ3v) is 4.00. The SMILES string of the molecule is CNc1nnc(SCC(O)C[N+](C)(C)C)s1. The Balaban J connectivity index is 2.34. The van der Waals surface area contributed by atoms with Gasteiger partial charge in [0, 0.05) is 12.8 Å². The number of aromatic nitrogens is 2. The quantitative estimate of drug-likeness (QED) is 0.585. The summed E-state index contributed by atoms with van der Waals surface area (Å²) >= 11 is 3.06. The maximum Gasteiger partial charge on any atom is 0.206 e. The summed E-state index contributed by atoms with van der Waals surface area (Å²) in [6.07, 6.45) is -0.313. The van der Waals surface area contributed by atoms with Crippen LogP contribution in [-0.2, 0) is 0 Å². The van der Waals surface area contributed by atoms with E-state index in [1.165, 1.54) is 11.3 Å². The number of aliphatic hydroxyl groups excluding tert-OH is 1. The highest BCUT2D eigenvalue weighted by molar-refractivity contribution is 8.01. The minimum absolute atomic E-state index is 0.313. The molecule has 0 bridgehead atoms. The van der Waals surface area contributed by atoms with Gasteiger partial charge in [-0.1, -0.05) is 23.1 Å². The predicted octanol–water partition coefficient (Wildman–Crippen LogP) is 0.739. The Morgan fingerprint density at radius 1 is 1.44 bits per heavy atom. The number of aliphatic hydroxyl groups is 1. The maximum atomic E-state index is 9.81. The molecule has 1 unspecified atom stereocenters. The van der Waals surface area contributed by atoms with Gasteiger partial charge in [0.05, 0.1) is 21.1 Å². The first kappa shape index (κ1) is 13.7. The summed E-state index contributed by atoms with van der Waals surface area (Å²) in [7, 11) is 8.02. The van der Waals surface area contributed by atoms with E-state index >= 15 is 0 Å². The molecular formula is C9H19N4OS2+. The molecule has 1 heterocycles. The number of hydrogen-bond acceptors (Lipinski definition) is 6. The molecule has 0 radical (unpaired) electrons.